The van der Waals surface area contributed by atoms with E-state index in [2.05, 4.69) is 15.4 Å². The number of anilines is 1. The lowest BCUT2D eigenvalue weighted by Crippen LogP contribution is -2.27. The van der Waals surface area contributed by atoms with E-state index in [1.807, 2.05) is 23.7 Å². The number of carbonyl (C=O) groups is 1. The number of aliphatic carboxylic acids is 1. The number of aryl methyl sites for hydroxylation is 1. The first kappa shape index (κ1) is 17.0. The zero-order valence-corrected chi connectivity index (χ0v) is 14.0. The van der Waals surface area contributed by atoms with Crippen molar-refractivity contribution < 1.29 is 14.6 Å². The lowest BCUT2D eigenvalue weighted by Gasteiger charge is -2.20. The maximum Gasteiger partial charge on any atom is 0.341 e. The summed E-state index contributed by atoms with van der Waals surface area (Å²) in [4.78, 5) is 15.2. The number of aliphatic imine (C=N–C) groups is 1. The third kappa shape index (κ3) is 4.16. The first-order chi connectivity index (χ1) is 12.0. The number of nitrogens with zero attached hydrogens (tertiary/aromatic N) is 3. The number of aromatic nitrogens is 2. The number of fused-ring (bicyclic) bond motifs is 1. The molecule has 1 aromatic heterocycles. The molecule has 8 heteroatoms. The van der Waals surface area contributed by atoms with Crippen molar-refractivity contribution in [3.63, 3.8) is 0 Å². The van der Waals surface area contributed by atoms with Crippen LogP contribution >= 0.6 is 0 Å². The first-order valence-corrected chi connectivity index (χ1v) is 8.09. The van der Waals surface area contributed by atoms with E-state index in [-0.39, 0.29) is 12.6 Å². The fourth-order valence-corrected chi connectivity index (χ4v) is 2.58. The Morgan fingerprint density at radius 1 is 1.56 bits per heavy atom. The molecule has 2 aromatic rings. The van der Waals surface area contributed by atoms with Gasteiger partial charge in [-0.05, 0) is 24.6 Å². The Hall–Kier alpha value is -2.87. The minimum absolute atomic E-state index is 0.0173. The molecule has 0 bridgehead atoms. The third-order valence-electron chi connectivity index (χ3n) is 3.74. The van der Waals surface area contributed by atoms with Crippen molar-refractivity contribution in [2.75, 3.05) is 18.5 Å². The van der Waals surface area contributed by atoms with Gasteiger partial charge in [-0.25, -0.2) is 9.48 Å². The summed E-state index contributed by atoms with van der Waals surface area (Å²) in [5, 5.41) is 16.5. The molecule has 0 saturated heterocycles. The number of nitrogens with one attached hydrogen (secondary N) is 1. The summed E-state index contributed by atoms with van der Waals surface area (Å²) in [6.07, 6.45) is 2.57. The SMILES string of the molecule is CC(N)CN=C1CCn2ncc(-c3cccc(OCC(=O)O)c3)c2N1. The van der Waals surface area contributed by atoms with Gasteiger partial charge in [0.05, 0.1) is 19.3 Å². The van der Waals surface area contributed by atoms with Gasteiger partial charge in [-0.3, -0.25) is 4.99 Å². The molecule has 8 nitrogen and oxygen atoms in total. The van der Waals surface area contributed by atoms with Gasteiger partial charge < -0.3 is 20.9 Å². The number of nitrogens with two attached hydrogens (primary N) is 1. The summed E-state index contributed by atoms with van der Waals surface area (Å²) in [5.74, 6) is 1.25. The van der Waals surface area contributed by atoms with Gasteiger partial charge in [-0.15, -0.1) is 0 Å². The highest BCUT2D eigenvalue weighted by atomic mass is 16.5. The number of amidine groups is 1. The van der Waals surface area contributed by atoms with Crippen molar-refractivity contribution in [3.8, 4) is 16.9 Å². The molecule has 0 fully saturated rings. The average Bonchev–Trinajstić information content (AvgIpc) is 3.01. The molecule has 2 heterocycles. The minimum atomic E-state index is -1.01. The lowest BCUT2D eigenvalue weighted by molar-refractivity contribution is -0.139. The number of rotatable bonds is 6. The molecule has 25 heavy (non-hydrogen) atoms. The van der Waals surface area contributed by atoms with E-state index in [1.165, 1.54) is 0 Å². The summed E-state index contributed by atoms with van der Waals surface area (Å²) in [7, 11) is 0. The molecule has 1 atom stereocenters. The van der Waals surface area contributed by atoms with Gasteiger partial charge in [0.2, 0.25) is 0 Å². The molecule has 1 unspecified atom stereocenters. The lowest BCUT2D eigenvalue weighted by atomic mass is 10.1. The molecule has 0 radical (unpaired) electrons. The van der Waals surface area contributed by atoms with Crippen molar-refractivity contribution >= 4 is 17.6 Å². The Bertz CT molecular complexity index is 797. The Balaban J connectivity index is 1.83. The van der Waals surface area contributed by atoms with Gasteiger partial charge in [0.1, 0.15) is 17.4 Å². The Morgan fingerprint density at radius 2 is 2.40 bits per heavy atom. The highest BCUT2D eigenvalue weighted by Crippen LogP contribution is 2.32. The minimum Gasteiger partial charge on any atom is -0.482 e. The van der Waals surface area contributed by atoms with Crippen LogP contribution in [0.25, 0.3) is 11.1 Å². The molecular formula is C17H21N5O3. The molecule has 1 aliphatic heterocycles. The fraction of sp³-hybridized carbons (Fsp3) is 0.353. The molecule has 0 aliphatic carbocycles. The average molecular weight is 343 g/mol. The van der Waals surface area contributed by atoms with E-state index in [4.69, 9.17) is 15.6 Å². The second kappa shape index (κ2) is 7.35. The molecule has 3 rings (SSSR count). The Kier molecular flexibility index (Phi) is 4.99. The number of carboxylic acids is 1. The largest absolute Gasteiger partial charge is 0.482 e. The number of ether oxygens (including phenoxy) is 1. The van der Waals surface area contributed by atoms with E-state index < -0.39 is 5.97 Å². The normalized spacial score (nSPS) is 16.2. The van der Waals surface area contributed by atoms with Gasteiger partial charge in [0.25, 0.3) is 0 Å². The van der Waals surface area contributed by atoms with Crippen LogP contribution < -0.4 is 15.8 Å². The summed E-state index contributed by atoms with van der Waals surface area (Å²) in [6, 6.07) is 7.30. The maximum absolute atomic E-state index is 10.7. The second-order valence-corrected chi connectivity index (χ2v) is 5.98. The number of carboxylic acid groups (broad SMARTS) is 1. The summed E-state index contributed by atoms with van der Waals surface area (Å²) >= 11 is 0. The van der Waals surface area contributed by atoms with Crippen molar-refractivity contribution in [3.05, 3.63) is 30.5 Å². The fourth-order valence-electron chi connectivity index (χ4n) is 2.58. The van der Waals surface area contributed by atoms with Crippen molar-refractivity contribution in [1.82, 2.24) is 9.78 Å². The summed E-state index contributed by atoms with van der Waals surface area (Å²) < 4.78 is 7.15. The maximum atomic E-state index is 10.7. The molecule has 1 aromatic carbocycles. The molecule has 0 amide bonds. The van der Waals surface area contributed by atoms with E-state index in [0.29, 0.717) is 12.3 Å². The zero-order chi connectivity index (χ0) is 17.8. The molecule has 1 aliphatic rings. The Morgan fingerprint density at radius 3 is 3.16 bits per heavy atom. The Labute approximate surface area is 145 Å². The summed E-state index contributed by atoms with van der Waals surface area (Å²) in [6.45, 7) is 2.87. The van der Waals surface area contributed by atoms with Crippen LogP contribution in [0, 0.1) is 0 Å². The van der Waals surface area contributed by atoms with Crippen molar-refractivity contribution in [2.24, 2.45) is 10.7 Å². The van der Waals surface area contributed by atoms with E-state index in [0.717, 1.165) is 35.7 Å². The second-order valence-electron chi connectivity index (χ2n) is 5.98. The van der Waals surface area contributed by atoms with E-state index in [9.17, 15) is 4.79 Å². The number of hydrogen-bond donors (Lipinski definition) is 3. The van der Waals surface area contributed by atoms with Crippen LogP contribution in [-0.4, -0.2) is 45.9 Å². The van der Waals surface area contributed by atoms with E-state index in [1.54, 1.807) is 18.3 Å². The highest BCUT2D eigenvalue weighted by Gasteiger charge is 2.19. The smallest absolute Gasteiger partial charge is 0.341 e. The van der Waals surface area contributed by atoms with Gasteiger partial charge in [0, 0.05) is 18.0 Å². The quantitative estimate of drug-likeness (QED) is 0.733. The molecule has 0 spiro atoms. The van der Waals surface area contributed by atoms with E-state index >= 15 is 0 Å². The van der Waals surface area contributed by atoms with Crippen LogP contribution in [0.5, 0.6) is 5.75 Å². The van der Waals surface area contributed by atoms with Crippen LogP contribution in [0.1, 0.15) is 13.3 Å². The van der Waals surface area contributed by atoms with Crippen LogP contribution in [0.3, 0.4) is 0 Å². The summed E-state index contributed by atoms with van der Waals surface area (Å²) in [5.41, 5.74) is 7.57. The van der Waals surface area contributed by atoms with Gasteiger partial charge >= 0.3 is 5.97 Å². The predicted octanol–water partition coefficient (Wildman–Crippen LogP) is 1.57. The van der Waals surface area contributed by atoms with Crippen LogP contribution in [0.15, 0.2) is 35.5 Å². The van der Waals surface area contributed by atoms with Gasteiger partial charge in [-0.2, -0.15) is 5.10 Å². The first-order valence-electron chi connectivity index (χ1n) is 8.09. The molecular weight excluding hydrogens is 322 g/mol. The predicted molar refractivity (Wildman–Crippen MR) is 95.0 cm³/mol. The van der Waals surface area contributed by atoms with Crippen molar-refractivity contribution in [1.29, 1.82) is 0 Å². The van der Waals surface area contributed by atoms with Crippen LogP contribution in [-0.2, 0) is 11.3 Å². The molecule has 0 saturated carbocycles. The van der Waals surface area contributed by atoms with Gasteiger partial charge in [-0.1, -0.05) is 12.1 Å². The van der Waals surface area contributed by atoms with Crippen LogP contribution in [0.4, 0.5) is 5.82 Å². The third-order valence-corrected chi connectivity index (χ3v) is 3.74. The molecule has 4 N–H and O–H groups in total. The zero-order valence-electron chi connectivity index (χ0n) is 14.0. The monoisotopic (exact) mass is 343 g/mol. The standard InChI is InChI=1S/C17H21N5O3/c1-11(18)8-19-15-5-6-22-17(21-15)14(9-20-22)12-3-2-4-13(7-12)25-10-16(23)24/h2-4,7,9,11H,5-6,8,10,18H2,1H3,(H,19,21)(H,23,24). The van der Waals surface area contributed by atoms with Gasteiger partial charge in [0.15, 0.2) is 6.61 Å². The molecule has 132 valence electrons. The van der Waals surface area contributed by atoms with Crippen molar-refractivity contribution in [2.45, 2.75) is 25.9 Å². The number of hydrogen-bond acceptors (Lipinski definition) is 5. The topological polar surface area (TPSA) is 115 Å². The van der Waals surface area contributed by atoms with Crippen LogP contribution in [0.2, 0.25) is 0 Å². The highest BCUT2D eigenvalue weighted by molar-refractivity contribution is 5.99. The number of benzene rings is 1.